The highest BCUT2D eigenvalue weighted by Gasteiger charge is 2.07. The maximum Gasteiger partial charge on any atom is 0.319 e. The standard InChI is InChI=1S/C20H23ClFN3O3/c1-13(2)24-20(27)25-16-6-3-14(4-7-16)12-23-19(26)9-10-28-18-8-5-15(22)11-17(18)21/h3-8,11,13H,9-10,12H2,1-2H3,(H,23,26)(H2,24,25,27). The normalized spacial score (nSPS) is 10.5. The highest BCUT2D eigenvalue weighted by atomic mass is 35.5. The molecule has 0 aliphatic carbocycles. The molecule has 8 heteroatoms. The summed E-state index contributed by atoms with van der Waals surface area (Å²) in [5.41, 5.74) is 1.56. The Morgan fingerprint density at radius 2 is 1.86 bits per heavy atom. The van der Waals surface area contributed by atoms with Crippen molar-refractivity contribution in [3.05, 3.63) is 58.9 Å². The van der Waals surface area contributed by atoms with Gasteiger partial charge in [0.05, 0.1) is 18.1 Å². The first kappa shape index (κ1) is 21.5. The van der Waals surface area contributed by atoms with E-state index in [1.807, 2.05) is 26.0 Å². The Hall–Kier alpha value is -2.80. The van der Waals surface area contributed by atoms with Crippen molar-refractivity contribution in [1.82, 2.24) is 10.6 Å². The summed E-state index contributed by atoms with van der Waals surface area (Å²) >= 11 is 5.86. The van der Waals surface area contributed by atoms with E-state index in [0.29, 0.717) is 18.0 Å². The van der Waals surface area contributed by atoms with Crippen molar-refractivity contribution >= 4 is 29.2 Å². The molecule has 0 aliphatic rings. The smallest absolute Gasteiger partial charge is 0.319 e. The summed E-state index contributed by atoms with van der Waals surface area (Å²) in [6, 6.07) is 10.8. The van der Waals surface area contributed by atoms with Crippen LogP contribution >= 0.6 is 11.6 Å². The molecule has 0 radical (unpaired) electrons. The molecule has 2 aromatic carbocycles. The molecule has 0 heterocycles. The van der Waals surface area contributed by atoms with Crippen molar-refractivity contribution < 1.29 is 18.7 Å². The lowest BCUT2D eigenvalue weighted by molar-refractivity contribution is -0.121. The second kappa shape index (κ2) is 10.5. The molecule has 0 spiro atoms. The molecule has 0 saturated heterocycles. The number of amides is 3. The number of anilines is 1. The van der Waals surface area contributed by atoms with Gasteiger partial charge < -0.3 is 20.7 Å². The number of nitrogens with one attached hydrogen (secondary N) is 3. The number of carbonyl (C=O) groups is 2. The summed E-state index contributed by atoms with van der Waals surface area (Å²) in [6.07, 6.45) is 0.142. The molecule has 2 aromatic rings. The maximum atomic E-state index is 13.0. The van der Waals surface area contributed by atoms with E-state index >= 15 is 0 Å². The van der Waals surface area contributed by atoms with Crippen LogP contribution in [0.4, 0.5) is 14.9 Å². The second-order valence-corrected chi connectivity index (χ2v) is 6.81. The molecule has 6 nitrogen and oxygen atoms in total. The lowest BCUT2D eigenvalue weighted by Crippen LogP contribution is -2.34. The fourth-order valence-corrected chi connectivity index (χ4v) is 2.49. The first-order valence-corrected chi connectivity index (χ1v) is 9.22. The Labute approximate surface area is 168 Å². The Balaban J connectivity index is 1.71. The third-order valence-electron chi connectivity index (χ3n) is 3.60. The van der Waals surface area contributed by atoms with Crippen LogP contribution in [0.15, 0.2) is 42.5 Å². The number of urea groups is 1. The largest absolute Gasteiger partial charge is 0.491 e. The lowest BCUT2D eigenvalue weighted by atomic mass is 10.2. The summed E-state index contributed by atoms with van der Waals surface area (Å²) in [6.45, 7) is 4.24. The number of hydrogen-bond donors (Lipinski definition) is 3. The first-order chi connectivity index (χ1) is 13.3. The molecular formula is C20H23ClFN3O3. The van der Waals surface area contributed by atoms with Crippen LogP contribution in [0, 0.1) is 5.82 Å². The Morgan fingerprint density at radius 3 is 2.50 bits per heavy atom. The van der Waals surface area contributed by atoms with Crippen molar-refractivity contribution in [2.75, 3.05) is 11.9 Å². The van der Waals surface area contributed by atoms with Gasteiger partial charge in [-0.15, -0.1) is 0 Å². The van der Waals surface area contributed by atoms with Gasteiger partial charge in [0.25, 0.3) is 0 Å². The number of benzene rings is 2. The van der Waals surface area contributed by atoms with Gasteiger partial charge in [0.15, 0.2) is 0 Å². The molecule has 3 N–H and O–H groups in total. The summed E-state index contributed by atoms with van der Waals surface area (Å²) in [5, 5.41) is 8.41. The summed E-state index contributed by atoms with van der Waals surface area (Å²) in [7, 11) is 0. The number of carbonyl (C=O) groups excluding carboxylic acids is 2. The molecule has 0 saturated carbocycles. The van der Waals surface area contributed by atoms with Gasteiger partial charge in [-0.25, -0.2) is 9.18 Å². The van der Waals surface area contributed by atoms with Gasteiger partial charge in [-0.2, -0.15) is 0 Å². The number of hydrogen-bond acceptors (Lipinski definition) is 3. The average molecular weight is 408 g/mol. The van der Waals surface area contributed by atoms with Gasteiger partial charge in [0.1, 0.15) is 11.6 Å². The van der Waals surface area contributed by atoms with Crippen LogP contribution < -0.4 is 20.7 Å². The van der Waals surface area contributed by atoms with Gasteiger partial charge in [-0.1, -0.05) is 23.7 Å². The summed E-state index contributed by atoms with van der Waals surface area (Å²) in [5.74, 6) is -0.297. The Morgan fingerprint density at radius 1 is 1.14 bits per heavy atom. The van der Waals surface area contributed by atoms with Crippen LogP contribution in [0.25, 0.3) is 0 Å². The van der Waals surface area contributed by atoms with Crippen molar-refractivity contribution in [1.29, 1.82) is 0 Å². The number of ether oxygens (including phenoxy) is 1. The van der Waals surface area contributed by atoms with E-state index in [0.717, 1.165) is 11.6 Å². The van der Waals surface area contributed by atoms with Gasteiger partial charge >= 0.3 is 6.03 Å². The Bertz CT molecular complexity index is 813. The van der Waals surface area contributed by atoms with Crippen LogP contribution in [0.5, 0.6) is 5.75 Å². The van der Waals surface area contributed by atoms with E-state index in [-0.39, 0.29) is 36.0 Å². The molecule has 2 rings (SSSR count). The SMILES string of the molecule is CC(C)NC(=O)Nc1ccc(CNC(=O)CCOc2ccc(F)cc2Cl)cc1. The lowest BCUT2D eigenvalue weighted by Gasteiger charge is -2.11. The summed E-state index contributed by atoms with van der Waals surface area (Å²) in [4.78, 5) is 23.6. The van der Waals surface area contributed by atoms with E-state index in [9.17, 15) is 14.0 Å². The minimum Gasteiger partial charge on any atom is -0.491 e. The number of halogens is 2. The predicted octanol–water partition coefficient (Wildman–Crippen LogP) is 4.09. The first-order valence-electron chi connectivity index (χ1n) is 8.84. The van der Waals surface area contributed by atoms with Crippen LogP contribution in [0.2, 0.25) is 5.02 Å². The van der Waals surface area contributed by atoms with Gasteiger partial charge in [-0.3, -0.25) is 4.79 Å². The third-order valence-corrected chi connectivity index (χ3v) is 3.90. The van der Waals surface area contributed by atoms with Crippen molar-refractivity contribution in [3.8, 4) is 5.75 Å². The highest BCUT2D eigenvalue weighted by molar-refractivity contribution is 6.32. The highest BCUT2D eigenvalue weighted by Crippen LogP contribution is 2.24. The van der Waals surface area contributed by atoms with Crippen LogP contribution in [0.3, 0.4) is 0 Å². The van der Waals surface area contributed by atoms with Gasteiger partial charge in [-0.05, 0) is 49.7 Å². The fraction of sp³-hybridized carbons (Fsp3) is 0.300. The molecule has 3 amide bonds. The van der Waals surface area contributed by atoms with Gasteiger partial charge in [0.2, 0.25) is 5.91 Å². The van der Waals surface area contributed by atoms with Crippen LogP contribution in [0.1, 0.15) is 25.8 Å². The van der Waals surface area contributed by atoms with E-state index in [4.69, 9.17) is 16.3 Å². The third kappa shape index (κ3) is 7.44. The monoisotopic (exact) mass is 407 g/mol. The number of rotatable bonds is 8. The maximum absolute atomic E-state index is 13.0. The zero-order valence-electron chi connectivity index (χ0n) is 15.7. The van der Waals surface area contributed by atoms with Crippen molar-refractivity contribution in [2.45, 2.75) is 32.9 Å². The molecule has 0 bridgehead atoms. The molecule has 0 atom stereocenters. The van der Waals surface area contributed by atoms with E-state index in [1.54, 1.807) is 12.1 Å². The molecule has 0 unspecified atom stereocenters. The van der Waals surface area contributed by atoms with Crippen molar-refractivity contribution in [2.24, 2.45) is 0 Å². The Kier molecular flexibility index (Phi) is 8.07. The van der Waals surface area contributed by atoms with E-state index in [1.165, 1.54) is 12.1 Å². The zero-order valence-corrected chi connectivity index (χ0v) is 16.5. The van der Waals surface area contributed by atoms with Crippen molar-refractivity contribution in [3.63, 3.8) is 0 Å². The topological polar surface area (TPSA) is 79.5 Å². The minimum atomic E-state index is -0.447. The average Bonchev–Trinajstić information content (AvgIpc) is 2.62. The van der Waals surface area contributed by atoms with Crippen LogP contribution in [-0.4, -0.2) is 24.6 Å². The van der Waals surface area contributed by atoms with E-state index in [2.05, 4.69) is 16.0 Å². The van der Waals surface area contributed by atoms with Gasteiger partial charge in [0, 0.05) is 18.3 Å². The zero-order chi connectivity index (χ0) is 20.5. The predicted molar refractivity (Wildman–Crippen MR) is 107 cm³/mol. The van der Waals surface area contributed by atoms with E-state index < -0.39 is 5.82 Å². The second-order valence-electron chi connectivity index (χ2n) is 6.40. The summed E-state index contributed by atoms with van der Waals surface area (Å²) < 4.78 is 18.4. The molecule has 28 heavy (non-hydrogen) atoms. The molecule has 150 valence electrons. The molecular weight excluding hydrogens is 385 g/mol. The molecule has 0 fully saturated rings. The minimum absolute atomic E-state index is 0.0533. The fourth-order valence-electron chi connectivity index (χ4n) is 2.27. The quantitative estimate of drug-likeness (QED) is 0.616. The molecule has 0 aromatic heterocycles. The molecule has 0 aliphatic heterocycles. The van der Waals surface area contributed by atoms with Crippen LogP contribution in [-0.2, 0) is 11.3 Å².